The fraction of sp³-hybridized carbons (Fsp3) is 0.208. The fourth-order valence-corrected chi connectivity index (χ4v) is 4.75. The molecule has 2 heterocycles. The van der Waals surface area contributed by atoms with Crippen molar-refractivity contribution in [1.82, 2.24) is 0 Å². The van der Waals surface area contributed by atoms with E-state index in [0.29, 0.717) is 0 Å². The molecule has 1 amide bonds. The van der Waals surface area contributed by atoms with Crippen LogP contribution in [0.3, 0.4) is 0 Å². The van der Waals surface area contributed by atoms with Gasteiger partial charge in [0.1, 0.15) is 0 Å². The minimum absolute atomic E-state index is 0.0964. The van der Waals surface area contributed by atoms with Gasteiger partial charge in [-0.25, -0.2) is 0 Å². The standard InChI is InChI=1S/C24H21NO/c1-16-12-13-21-20(14-16)24(2,17-8-4-3-5-9-17)15-22-18-10-6-7-11-19(18)23(26)25(21)22/h3-14,22H,15H2,1-2H3/t22-,24-/m0/s1. The molecule has 5 rings (SSSR count). The van der Waals surface area contributed by atoms with Gasteiger partial charge in [0.15, 0.2) is 0 Å². The van der Waals surface area contributed by atoms with Crippen molar-refractivity contribution in [2.75, 3.05) is 4.90 Å². The summed E-state index contributed by atoms with van der Waals surface area (Å²) in [6, 6.07) is 25.4. The Bertz CT molecular complexity index is 1020. The molecule has 0 saturated carbocycles. The molecule has 0 N–H and O–H groups in total. The molecule has 0 saturated heterocycles. The van der Waals surface area contributed by atoms with E-state index in [1.807, 2.05) is 23.1 Å². The molecule has 0 fully saturated rings. The molecule has 3 aromatic rings. The number of benzene rings is 3. The lowest BCUT2D eigenvalue weighted by Crippen LogP contribution is -2.41. The molecule has 26 heavy (non-hydrogen) atoms. The van der Waals surface area contributed by atoms with Crippen molar-refractivity contribution >= 4 is 11.6 Å². The number of aryl methyl sites for hydroxylation is 1. The van der Waals surface area contributed by atoms with Crippen LogP contribution in [-0.2, 0) is 5.41 Å². The molecule has 2 aliphatic rings. The van der Waals surface area contributed by atoms with E-state index in [1.54, 1.807) is 0 Å². The van der Waals surface area contributed by atoms with E-state index >= 15 is 0 Å². The first-order valence-electron chi connectivity index (χ1n) is 9.19. The van der Waals surface area contributed by atoms with Crippen LogP contribution < -0.4 is 4.90 Å². The zero-order chi connectivity index (χ0) is 17.9. The third kappa shape index (κ3) is 1.96. The SMILES string of the molecule is Cc1ccc2c(c1)[C@](C)(c1ccccc1)C[C@H]1c3ccccc3C(=O)N21. The summed E-state index contributed by atoms with van der Waals surface area (Å²) in [5.74, 6) is 0.130. The van der Waals surface area contributed by atoms with Crippen molar-refractivity contribution in [2.24, 2.45) is 0 Å². The van der Waals surface area contributed by atoms with Crippen molar-refractivity contribution < 1.29 is 4.79 Å². The van der Waals surface area contributed by atoms with Crippen LogP contribution >= 0.6 is 0 Å². The Hall–Kier alpha value is -2.87. The summed E-state index contributed by atoms with van der Waals surface area (Å²) >= 11 is 0. The summed E-state index contributed by atoms with van der Waals surface area (Å²) in [4.78, 5) is 15.2. The molecule has 0 radical (unpaired) electrons. The van der Waals surface area contributed by atoms with Gasteiger partial charge in [0.05, 0.1) is 6.04 Å². The predicted molar refractivity (Wildman–Crippen MR) is 105 cm³/mol. The Balaban J connectivity index is 1.79. The summed E-state index contributed by atoms with van der Waals surface area (Å²) in [6.45, 7) is 4.45. The molecule has 0 aromatic heterocycles. The normalized spacial score (nSPS) is 23.4. The summed E-state index contributed by atoms with van der Waals surface area (Å²) < 4.78 is 0. The number of nitrogens with zero attached hydrogens (tertiary/aromatic N) is 1. The first-order chi connectivity index (χ1) is 12.6. The Morgan fingerprint density at radius 3 is 2.50 bits per heavy atom. The Labute approximate surface area is 154 Å². The molecule has 0 unspecified atom stereocenters. The minimum Gasteiger partial charge on any atom is -0.300 e. The quantitative estimate of drug-likeness (QED) is 0.581. The Morgan fingerprint density at radius 2 is 1.69 bits per heavy atom. The van der Waals surface area contributed by atoms with Gasteiger partial charge in [-0.05, 0) is 42.2 Å². The van der Waals surface area contributed by atoms with Crippen molar-refractivity contribution in [3.8, 4) is 0 Å². The van der Waals surface area contributed by atoms with E-state index in [-0.39, 0.29) is 17.4 Å². The zero-order valence-electron chi connectivity index (χ0n) is 15.1. The van der Waals surface area contributed by atoms with Gasteiger partial charge < -0.3 is 4.90 Å². The van der Waals surface area contributed by atoms with Crippen molar-refractivity contribution in [3.05, 3.63) is 101 Å². The van der Waals surface area contributed by atoms with E-state index in [2.05, 4.69) is 68.4 Å². The fourth-order valence-electron chi connectivity index (χ4n) is 4.75. The number of anilines is 1. The summed E-state index contributed by atoms with van der Waals surface area (Å²) in [6.07, 6.45) is 0.899. The van der Waals surface area contributed by atoms with Crippen LogP contribution in [0, 0.1) is 6.92 Å². The molecule has 2 nitrogen and oxygen atoms in total. The van der Waals surface area contributed by atoms with E-state index in [0.717, 1.165) is 23.2 Å². The first-order valence-corrected chi connectivity index (χ1v) is 9.19. The molecule has 2 heteroatoms. The van der Waals surface area contributed by atoms with E-state index in [9.17, 15) is 4.79 Å². The molecule has 0 aliphatic carbocycles. The Morgan fingerprint density at radius 1 is 0.962 bits per heavy atom. The molecule has 0 spiro atoms. The van der Waals surface area contributed by atoms with Gasteiger partial charge in [0, 0.05) is 16.7 Å². The second-order valence-corrected chi connectivity index (χ2v) is 7.70. The van der Waals surface area contributed by atoms with Gasteiger partial charge in [0.25, 0.3) is 5.91 Å². The van der Waals surface area contributed by atoms with Crippen molar-refractivity contribution in [2.45, 2.75) is 31.7 Å². The van der Waals surface area contributed by atoms with Crippen LogP contribution in [0.25, 0.3) is 0 Å². The second-order valence-electron chi connectivity index (χ2n) is 7.70. The number of rotatable bonds is 1. The third-order valence-electron chi connectivity index (χ3n) is 6.10. The largest absolute Gasteiger partial charge is 0.300 e. The molecule has 3 aromatic carbocycles. The highest BCUT2D eigenvalue weighted by atomic mass is 16.2. The van der Waals surface area contributed by atoms with E-state index < -0.39 is 0 Å². The Kier molecular flexibility index (Phi) is 3.14. The lowest BCUT2D eigenvalue weighted by molar-refractivity contribution is 0.0986. The topological polar surface area (TPSA) is 20.3 Å². The molecule has 2 aliphatic heterocycles. The van der Waals surface area contributed by atoms with Gasteiger partial charge in [-0.2, -0.15) is 0 Å². The number of carbonyl (C=O) groups is 1. The molecular weight excluding hydrogens is 318 g/mol. The number of fused-ring (bicyclic) bond motifs is 5. The number of carbonyl (C=O) groups excluding carboxylic acids is 1. The van der Waals surface area contributed by atoms with Gasteiger partial charge in [-0.3, -0.25) is 4.79 Å². The van der Waals surface area contributed by atoms with Gasteiger partial charge in [0.2, 0.25) is 0 Å². The predicted octanol–water partition coefficient (Wildman–Crippen LogP) is 5.41. The molecule has 0 bridgehead atoms. The smallest absolute Gasteiger partial charge is 0.259 e. The van der Waals surface area contributed by atoms with Crippen molar-refractivity contribution in [3.63, 3.8) is 0 Å². The third-order valence-corrected chi connectivity index (χ3v) is 6.10. The molecular formula is C24H21NO. The number of amides is 1. The van der Waals surface area contributed by atoms with E-state index in [4.69, 9.17) is 0 Å². The maximum Gasteiger partial charge on any atom is 0.259 e. The lowest BCUT2D eigenvalue weighted by atomic mass is 9.68. The van der Waals surface area contributed by atoms with Gasteiger partial charge in [-0.15, -0.1) is 0 Å². The van der Waals surface area contributed by atoms with Gasteiger partial charge >= 0.3 is 0 Å². The van der Waals surface area contributed by atoms with Gasteiger partial charge in [-0.1, -0.05) is 73.2 Å². The average Bonchev–Trinajstić information content (AvgIpc) is 2.95. The monoisotopic (exact) mass is 339 g/mol. The highest BCUT2D eigenvalue weighted by Gasteiger charge is 2.48. The number of hydrogen-bond donors (Lipinski definition) is 0. The van der Waals surface area contributed by atoms with Crippen LogP contribution in [0.2, 0.25) is 0 Å². The highest BCUT2D eigenvalue weighted by molar-refractivity contribution is 6.12. The van der Waals surface area contributed by atoms with Crippen molar-refractivity contribution in [1.29, 1.82) is 0 Å². The van der Waals surface area contributed by atoms with Crippen LogP contribution in [0.1, 0.15) is 52.0 Å². The molecule has 2 atom stereocenters. The lowest BCUT2D eigenvalue weighted by Gasteiger charge is -2.44. The van der Waals surface area contributed by atoms with Crippen LogP contribution in [0.15, 0.2) is 72.8 Å². The summed E-state index contributed by atoms with van der Waals surface area (Å²) in [5, 5.41) is 0. The summed E-state index contributed by atoms with van der Waals surface area (Å²) in [7, 11) is 0. The maximum absolute atomic E-state index is 13.2. The molecule has 128 valence electrons. The maximum atomic E-state index is 13.2. The van der Waals surface area contributed by atoms with E-state index in [1.165, 1.54) is 16.7 Å². The zero-order valence-corrected chi connectivity index (χ0v) is 15.1. The van der Waals surface area contributed by atoms with Crippen LogP contribution in [0.5, 0.6) is 0 Å². The minimum atomic E-state index is -0.124. The second kappa shape index (κ2) is 5.31. The first kappa shape index (κ1) is 15.4. The number of hydrogen-bond acceptors (Lipinski definition) is 1. The van der Waals surface area contributed by atoms with Crippen LogP contribution in [-0.4, -0.2) is 5.91 Å². The summed E-state index contributed by atoms with van der Waals surface area (Å²) in [5.41, 5.74) is 6.73. The average molecular weight is 339 g/mol. The highest BCUT2D eigenvalue weighted by Crippen LogP contribution is 2.54. The van der Waals surface area contributed by atoms with Crippen LogP contribution in [0.4, 0.5) is 5.69 Å².